The zero-order chi connectivity index (χ0) is 14.7. The fraction of sp³-hybridized carbons (Fsp3) is 1.00. The average Bonchev–Trinajstić information content (AvgIpc) is 3.00. The van der Waals surface area contributed by atoms with E-state index in [2.05, 4.69) is 17.1 Å². The first-order chi connectivity index (χ1) is 10.2. The first kappa shape index (κ1) is 15.8. The first-order valence-electron chi connectivity index (χ1n) is 9.25. The lowest BCUT2D eigenvalue weighted by molar-refractivity contribution is -0.0154. The molecule has 2 atom stereocenters. The lowest BCUT2D eigenvalue weighted by Crippen LogP contribution is -2.66. The molecule has 3 rings (SSSR count). The van der Waals surface area contributed by atoms with E-state index in [0.717, 1.165) is 18.5 Å². The van der Waals surface area contributed by atoms with Crippen LogP contribution in [0.3, 0.4) is 0 Å². The van der Waals surface area contributed by atoms with E-state index in [0.29, 0.717) is 11.6 Å². The smallest absolute Gasteiger partial charge is 0.0670 e. The molecule has 2 unspecified atom stereocenters. The summed E-state index contributed by atoms with van der Waals surface area (Å²) in [4.78, 5) is 2.81. The zero-order valence-electron chi connectivity index (χ0n) is 14.1. The summed E-state index contributed by atoms with van der Waals surface area (Å²) in [5.41, 5.74) is 0.442. The Morgan fingerprint density at radius 1 is 1.14 bits per heavy atom. The highest BCUT2D eigenvalue weighted by molar-refractivity contribution is 5.03. The second-order valence-corrected chi connectivity index (χ2v) is 7.77. The van der Waals surface area contributed by atoms with Crippen LogP contribution < -0.4 is 5.32 Å². The minimum atomic E-state index is 0.354. The van der Waals surface area contributed by atoms with E-state index < -0.39 is 0 Å². The molecule has 3 aliphatic rings. The molecular weight excluding hydrogens is 260 g/mol. The fourth-order valence-corrected chi connectivity index (χ4v) is 4.96. The van der Waals surface area contributed by atoms with Gasteiger partial charge in [-0.05, 0) is 38.5 Å². The Bertz CT molecular complexity index is 321. The maximum absolute atomic E-state index is 5.57. The molecule has 3 heteroatoms. The number of nitrogens with one attached hydrogen (secondary N) is 1. The molecule has 0 amide bonds. The van der Waals surface area contributed by atoms with Crippen molar-refractivity contribution in [3.8, 4) is 0 Å². The third-order valence-corrected chi connectivity index (χ3v) is 6.41. The molecular formula is C18H34N2O. The number of hydrogen-bond donors (Lipinski definition) is 1. The molecule has 21 heavy (non-hydrogen) atoms. The summed E-state index contributed by atoms with van der Waals surface area (Å²) in [7, 11) is 1.85. The van der Waals surface area contributed by atoms with Gasteiger partial charge in [0, 0.05) is 38.3 Å². The Morgan fingerprint density at radius 2 is 1.86 bits per heavy atom. The normalized spacial score (nSPS) is 32.6. The molecule has 122 valence electrons. The van der Waals surface area contributed by atoms with Gasteiger partial charge in [-0.1, -0.05) is 32.1 Å². The van der Waals surface area contributed by atoms with Crippen molar-refractivity contribution in [2.45, 2.75) is 82.4 Å². The summed E-state index contributed by atoms with van der Waals surface area (Å²) < 4.78 is 5.57. The Hall–Kier alpha value is -0.120. The van der Waals surface area contributed by atoms with Gasteiger partial charge in [-0.2, -0.15) is 0 Å². The van der Waals surface area contributed by atoms with Crippen LogP contribution in [0.15, 0.2) is 0 Å². The molecule has 0 aromatic rings. The summed E-state index contributed by atoms with van der Waals surface area (Å²) in [6.07, 6.45) is 13.2. The van der Waals surface area contributed by atoms with Crippen molar-refractivity contribution in [1.29, 1.82) is 0 Å². The number of piperazine rings is 1. The lowest BCUT2D eigenvalue weighted by atomic mass is 9.80. The van der Waals surface area contributed by atoms with Crippen LogP contribution in [0.4, 0.5) is 0 Å². The Labute approximate surface area is 130 Å². The van der Waals surface area contributed by atoms with Gasteiger partial charge in [0.25, 0.3) is 0 Å². The monoisotopic (exact) mass is 294 g/mol. The van der Waals surface area contributed by atoms with Gasteiger partial charge in [0.1, 0.15) is 0 Å². The van der Waals surface area contributed by atoms with Crippen molar-refractivity contribution < 1.29 is 4.74 Å². The lowest BCUT2D eigenvalue weighted by Gasteiger charge is -2.51. The van der Waals surface area contributed by atoms with Crippen LogP contribution in [0, 0.1) is 5.92 Å². The molecule has 1 spiro atoms. The van der Waals surface area contributed by atoms with Crippen LogP contribution in [-0.2, 0) is 4.74 Å². The van der Waals surface area contributed by atoms with Crippen molar-refractivity contribution in [3.63, 3.8) is 0 Å². The van der Waals surface area contributed by atoms with Gasteiger partial charge < -0.3 is 10.1 Å². The summed E-state index contributed by atoms with van der Waals surface area (Å²) in [6, 6.07) is 0.723. The van der Waals surface area contributed by atoms with Crippen molar-refractivity contribution in [3.05, 3.63) is 0 Å². The molecule has 1 N–H and O–H groups in total. The molecule has 0 bridgehead atoms. The molecule has 1 aliphatic heterocycles. The van der Waals surface area contributed by atoms with Crippen LogP contribution in [0.2, 0.25) is 0 Å². The standard InChI is InChI=1S/C18H34N2O/c1-15(21-2)12-20-13-17(16-8-4-3-5-9-16)19-14-18(20)10-6-7-11-18/h15-17,19H,3-14H2,1-2H3. The number of nitrogens with zero attached hydrogens (tertiary/aromatic N) is 1. The van der Waals surface area contributed by atoms with E-state index in [1.807, 2.05) is 7.11 Å². The highest BCUT2D eigenvalue weighted by Crippen LogP contribution is 2.39. The second-order valence-electron chi connectivity index (χ2n) is 7.77. The van der Waals surface area contributed by atoms with Crippen molar-refractivity contribution in [2.24, 2.45) is 5.92 Å². The van der Waals surface area contributed by atoms with Crippen molar-refractivity contribution in [2.75, 3.05) is 26.7 Å². The second kappa shape index (κ2) is 6.97. The maximum atomic E-state index is 5.57. The van der Waals surface area contributed by atoms with E-state index in [9.17, 15) is 0 Å². The largest absolute Gasteiger partial charge is 0.380 e. The van der Waals surface area contributed by atoms with Gasteiger partial charge in [-0.25, -0.2) is 0 Å². The van der Waals surface area contributed by atoms with Gasteiger partial charge >= 0.3 is 0 Å². The SMILES string of the molecule is COC(C)CN1CC(C2CCCCC2)NCC12CCCC2. The number of rotatable bonds is 4. The first-order valence-corrected chi connectivity index (χ1v) is 9.25. The third-order valence-electron chi connectivity index (χ3n) is 6.41. The fourth-order valence-electron chi connectivity index (χ4n) is 4.96. The predicted octanol–water partition coefficient (Wildman–Crippen LogP) is 3.19. The Balaban J connectivity index is 1.66. The quantitative estimate of drug-likeness (QED) is 0.862. The minimum absolute atomic E-state index is 0.354. The van der Waals surface area contributed by atoms with E-state index in [1.54, 1.807) is 0 Å². The molecule has 0 aromatic heterocycles. The predicted molar refractivity (Wildman–Crippen MR) is 87.6 cm³/mol. The van der Waals surface area contributed by atoms with Gasteiger partial charge in [0.2, 0.25) is 0 Å². The highest BCUT2D eigenvalue weighted by atomic mass is 16.5. The van der Waals surface area contributed by atoms with Crippen molar-refractivity contribution in [1.82, 2.24) is 10.2 Å². The van der Waals surface area contributed by atoms with Gasteiger partial charge in [0.05, 0.1) is 6.10 Å². The summed E-state index contributed by atoms with van der Waals surface area (Å²) in [5.74, 6) is 0.915. The average molecular weight is 294 g/mol. The van der Waals surface area contributed by atoms with Gasteiger partial charge in [-0.15, -0.1) is 0 Å². The van der Waals surface area contributed by atoms with Crippen LogP contribution in [0.5, 0.6) is 0 Å². The summed E-state index contributed by atoms with van der Waals surface area (Å²) >= 11 is 0. The van der Waals surface area contributed by atoms with E-state index >= 15 is 0 Å². The van der Waals surface area contributed by atoms with Crippen LogP contribution in [0.25, 0.3) is 0 Å². The molecule has 3 nitrogen and oxygen atoms in total. The molecule has 0 radical (unpaired) electrons. The third kappa shape index (κ3) is 3.46. The minimum Gasteiger partial charge on any atom is -0.380 e. The van der Waals surface area contributed by atoms with Crippen LogP contribution in [-0.4, -0.2) is 49.3 Å². The van der Waals surface area contributed by atoms with Gasteiger partial charge in [0.15, 0.2) is 0 Å². The molecule has 0 aromatic carbocycles. The van der Waals surface area contributed by atoms with Crippen molar-refractivity contribution >= 4 is 0 Å². The maximum Gasteiger partial charge on any atom is 0.0670 e. The van der Waals surface area contributed by atoms with Gasteiger partial charge in [-0.3, -0.25) is 4.90 Å². The van der Waals surface area contributed by atoms with Crippen LogP contribution in [0.1, 0.15) is 64.7 Å². The summed E-state index contributed by atoms with van der Waals surface area (Å²) in [6.45, 7) is 5.80. The highest BCUT2D eigenvalue weighted by Gasteiger charge is 2.45. The van der Waals surface area contributed by atoms with E-state index in [4.69, 9.17) is 4.74 Å². The topological polar surface area (TPSA) is 24.5 Å². The Morgan fingerprint density at radius 3 is 2.52 bits per heavy atom. The molecule has 2 saturated carbocycles. The number of hydrogen-bond acceptors (Lipinski definition) is 3. The van der Waals surface area contributed by atoms with E-state index in [1.165, 1.54) is 70.9 Å². The van der Waals surface area contributed by atoms with Crippen LogP contribution >= 0.6 is 0 Å². The van der Waals surface area contributed by atoms with E-state index in [-0.39, 0.29) is 0 Å². The summed E-state index contributed by atoms with van der Waals surface area (Å²) in [5, 5.41) is 3.96. The molecule has 2 aliphatic carbocycles. The number of methoxy groups -OCH3 is 1. The molecule has 3 fully saturated rings. The molecule has 1 saturated heterocycles. The number of ether oxygens (including phenoxy) is 1. The zero-order valence-corrected chi connectivity index (χ0v) is 14.1. The molecule has 1 heterocycles. The Kier molecular flexibility index (Phi) is 5.23.